The maximum atomic E-state index is 14.8. The topological polar surface area (TPSA) is 220 Å². The summed E-state index contributed by atoms with van der Waals surface area (Å²) in [5.74, 6) is 9.03. The average Bonchev–Trinajstić information content (AvgIpc) is 1.83. The second-order valence-electron chi connectivity index (χ2n) is 22.7. The summed E-state index contributed by atoms with van der Waals surface area (Å²) < 4.78 is 25.6. The molecule has 4 aliphatic rings. The van der Waals surface area contributed by atoms with Crippen LogP contribution in [0.3, 0.4) is 0 Å². The van der Waals surface area contributed by atoms with Crippen molar-refractivity contribution in [2.75, 3.05) is 60.2 Å². The first-order valence-electron chi connectivity index (χ1n) is 30.2. The van der Waals surface area contributed by atoms with E-state index in [1.807, 2.05) is 103 Å². The van der Waals surface area contributed by atoms with Gasteiger partial charge in [-0.05, 0) is 144 Å². The Kier molecular flexibility index (Phi) is 20.8. The summed E-state index contributed by atoms with van der Waals surface area (Å²) in [5.41, 5.74) is 8.62. The van der Waals surface area contributed by atoms with Crippen LogP contribution in [0.15, 0.2) is 137 Å². The van der Waals surface area contributed by atoms with Gasteiger partial charge in [0.2, 0.25) is 28.8 Å². The number of carbonyl (C=O) groups is 6. The molecule has 0 spiro atoms. The first-order valence-corrected chi connectivity index (χ1v) is 31.0. The van der Waals surface area contributed by atoms with Crippen molar-refractivity contribution in [1.82, 2.24) is 50.4 Å². The molecule has 10 rings (SSSR count). The molecule has 5 aromatic carbocycles. The predicted octanol–water partition coefficient (Wildman–Crippen LogP) is 7.76. The number of ether oxygens (including phenoxy) is 4. The van der Waals surface area contributed by atoms with E-state index in [1.54, 1.807) is 42.2 Å². The van der Waals surface area contributed by atoms with Gasteiger partial charge in [-0.15, -0.1) is 5.10 Å². The normalized spacial score (nSPS) is 16.7. The lowest BCUT2D eigenvalue weighted by atomic mass is 9.98. The summed E-state index contributed by atoms with van der Waals surface area (Å²) >= 11 is 1.41. The Morgan fingerprint density at radius 1 is 0.584 bits per heavy atom. The second kappa shape index (κ2) is 29.3. The van der Waals surface area contributed by atoms with Crippen LogP contribution in [-0.4, -0.2) is 178 Å². The number of nitrogens with one attached hydrogen (secondary N) is 2. The Bertz CT molecular complexity index is 3580. The molecular weight excluding hydrogens is 1150 g/mol. The highest BCUT2D eigenvalue weighted by Crippen LogP contribution is 2.46. The average molecular weight is 1220 g/mol. The number of rotatable bonds is 22. The molecule has 2 fully saturated rings. The lowest BCUT2D eigenvalue weighted by molar-refractivity contribution is -0.142. The first-order chi connectivity index (χ1) is 43.2. The van der Waals surface area contributed by atoms with E-state index < -0.39 is 60.4 Å². The predicted molar refractivity (Wildman–Crippen MR) is 334 cm³/mol. The standard InChI is InChI=1S/C68H74N10O10S/c1-44(74(5)67(83)87-42-58-54-32-16-12-28-50(54)51-29-13-17-33-55(51)58)62(79)69-60(64(81)76-36-20-21-37-76)46(3)85-39-22-7-8-23-40-86-47(4)61(65(82)77-38-24-25-48(77)41-78-66(71-72-73-78)89-49-26-10-9-11-27-49)70-63(80)45(2)75(6)68(84)88-43-59-56-34-18-14-30-52(56)53-31-15-19-35-57(53)59/h9-19,26-35,44-48,58-61H,20-21,24-25,36-43H2,1-6H3,(H,69,79)(H,70,80)/t44-,45+,46-,47-,48?,60+,61+/m1/s1. The van der Waals surface area contributed by atoms with E-state index in [1.165, 1.54) is 35.7 Å². The van der Waals surface area contributed by atoms with Crippen LogP contribution >= 0.6 is 11.8 Å². The molecule has 89 heavy (non-hydrogen) atoms. The number of likely N-dealkylation sites (tertiary alicyclic amines) is 2. The van der Waals surface area contributed by atoms with Crippen molar-refractivity contribution in [3.8, 4) is 45.9 Å². The van der Waals surface area contributed by atoms with Crippen LogP contribution in [0.5, 0.6) is 0 Å². The van der Waals surface area contributed by atoms with Crippen LogP contribution in [0, 0.1) is 23.7 Å². The molecule has 2 saturated heterocycles. The molecule has 1 aromatic heterocycles. The number of carbonyl (C=O) groups excluding carboxylic acids is 6. The highest BCUT2D eigenvalue weighted by molar-refractivity contribution is 7.99. The fourth-order valence-electron chi connectivity index (χ4n) is 11.9. The van der Waals surface area contributed by atoms with Gasteiger partial charge in [0.25, 0.3) is 0 Å². The Hall–Kier alpha value is -9.02. The second-order valence-corrected chi connectivity index (χ2v) is 23.7. The minimum absolute atomic E-state index is 0.0619. The summed E-state index contributed by atoms with van der Waals surface area (Å²) in [5, 5.41) is 18.8. The molecule has 2 aliphatic carbocycles. The number of tetrazole rings is 1. The Balaban J connectivity index is 0.751. The minimum Gasteiger partial charge on any atom is -0.448 e. The Morgan fingerprint density at radius 3 is 1.49 bits per heavy atom. The zero-order valence-corrected chi connectivity index (χ0v) is 51.7. The number of benzene rings is 5. The summed E-state index contributed by atoms with van der Waals surface area (Å²) in [7, 11) is 2.98. The maximum Gasteiger partial charge on any atom is 0.410 e. The lowest BCUT2D eigenvalue weighted by Gasteiger charge is -2.33. The zero-order chi connectivity index (χ0) is 62.6. The van der Waals surface area contributed by atoms with Gasteiger partial charge in [0.1, 0.15) is 50.6 Å². The lowest BCUT2D eigenvalue weighted by Crippen LogP contribution is -2.58. The smallest absolute Gasteiger partial charge is 0.410 e. The zero-order valence-electron chi connectivity index (χ0n) is 50.9. The molecule has 21 heteroatoms. The van der Waals surface area contributed by atoms with Gasteiger partial charge in [-0.2, -0.15) is 0 Å². The SMILES string of the molecule is C[C@H](C(=O)N[C@H](C(=O)N1CCCC1)[C@@H](C)OCC#CC#CCO[C@H](C)[C@H](NC(=O)[C@H](C)N(C)C(=O)OCC1c2ccccc2-c2ccccc21)C(=O)N1CCCC1Cn1nnnc1Sc1ccccc1)N(C)C(=O)OCC1c2ccccc2-c2ccccc21. The molecule has 2 N–H and O–H groups in total. The van der Waals surface area contributed by atoms with Crippen molar-refractivity contribution in [2.24, 2.45) is 0 Å². The van der Waals surface area contributed by atoms with Crippen LogP contribution in [-0.2, 0) is 44.7 Å². The van der Waals surface area contributed by atoms with Crippen LogP contribution in [0.4, 0.5) is 9.59 Å². The Morgan fingerprint density at radius 2 is 1.02 bits per heavy atom. The number of fused-ring (bicyclic) bond motifs is 6. The van der Waals surface area contributed by atoms with E-state index in [0.717, 1.165) is 62.2 Å². The van der Waals surface area contributed by atoms with E-state index in [4.69, 9.17) is 18.9 Å². The summed E-state index contributed by atoms with van der Waals surface area (Å²) in [6, 6.07) is 37.2. The quantitative estimate of drug-likeness (QED) is 0.0621. The van der Waals surface area contributed by atoms with Gasteiger partial charge >= 0.3 is 12.2 Å². The van der Waals surface area contributed by atoms with E-state index in [2.05, 4.69) is 74.1 Å². The van der Waals surface area contributed by atoms with Gasteiger partial charge in [-0.1, -0.05) is 127 Å². The third-order valence-corrected chi connectivity index (χ3v) is 18.2. The van der Waals surface area contributed by atoms with Crippen LogP contribution in [0.2, 0.25) is 0 Å². The van der Waals surface area contributed by atoms with Crippen molar-refractivity contribution in [1.29, 1.82) is 0 Å². The van der Waals surface area contributed by atoms with E-state index >= 15 is 0 Å². The number of aromatic nitrogens is 4. The molecule has 0 saturated carbocycles. The summed E-state index contributed by atoms with van der Waals surface area (Å²) in [6.45, 7) is 8.14. The van der Waals surface area contributed by atoms with Crippen molar-refractivity contribution < 1.29 is 47.7 Å². The fraction of sp³-hybridized carbons (Fsp3) is 0.397. The van der Waals surface area contributed by atoms with Crippen molar-refractivity contribution in [3.05, 3.63) is 150 Å². The monoisotopic (exact) mass is 1220 g/mol. The molecule has 462 valence electrons. The molecule has 20 nitrogen and oxygen atoms in total. The molecule has 7 atom stereocenters. The number of likely N-dealkylation sites (N-methyl/N-ethyl adjacent to an activating group) is 2. The molecule has 2 aliphatic heterocycles. The van der Waals surface area contributed by atoms with E-state index in [-0.39, 0.29) is 56.1 Å². The maximum absolute atomic E-state index is 14.8. The fourth-order valence-corrected chi connectivity index (χ4v) is 12.7. The molecule has 0 bridgehead atoms. The van der Waals surface area contributed by atoms with Gasteiger partial charge in [0.15, 0.2) is 0 Å². The minimum atomic E-state index is -1.20. The summed E-state index contributed by atoms with van der Waals surface area (Å²) in [6.07, 6.45) is -0.0786. The van der Waals surface area contributed by atoms with E-state index in [0.29, 0.717) is 44.2 Å². The highest BCUT2D eigenvalue weighted by Gasteiger charge is 2.40. The van der Waals surface area contributed by atoms with Crippen molar-refractivity contribution in [2.45, 2.75) is 124 Å². The van der Waals surface area contributed by atoms with Gasteiger partial charge in [0, 0.05) is 50.5 Å². The van der Waals surface area contributed by atoms with Gasteiger partial charge < -0.3 is 39.4 Å². The van der Waals surface area contributed by atoms with Crippen molar-refractivity contribution >= 4 is 47.6 Å². The third kappa shape index (κ3) is 14.6. The molecular formula is C68H74N10O10S. The third-order valence-electron chi connectivity index (χ3n) is 17.2. The number of hydrogen-bond donors (Lipinski definition) is 2. The van der Waals surface area contributed by atoms with Crippen molar-refractivity contribution in [3.63, 3.8) is 0 Å². The molecule has 6 amide bonds. The highest BCUT2D eigenvalue weighted by atomic mass is 32.2. The molecule has 0 radical (unpaired) electrons. The molecule has 1 unspecified atom stereocenters. The molecule has 3 heterocycles. The largest absolute Gasteiger partial charge is 0.448 e. The number of hydrogen-bond acceptors (Lipinski definition) is 14. The van der Waals surface area contributed by atoms with Crippen LogP contribution < -0.4 is 10.6 Å². The van der Waals surface area contributed by atoms with E-state index in [9.17, 15) is 28.8 Å². The van der Waals surface area contributed by atoms with Gasteiger partial charge in [0.05, 0.1) is 24.8 Å². The number of amides is 6. The van der Waals surface area contributed by atoms with Gasteiger partial charge in [-0.25, -0.2) is 14.3 Å². The summed E-state index contributed by atoms with van der Waals surface area (Å²) in [4.78, 5) is 90.9. The van der Waals surface area contributed by atoms with Crippen LogP contribution in [0.25, 0.3) is 22.3 Å². The number of nitrogens with zero attached hydrogens (tertiary/aromatic N) is 8. The van der Waals surface area contributed by atoms with Gasteiger partial charge in [-0.3, -0.25) is 29.0 Å². The molecule has 6 aromatic rings. The van der Waals surface area contributed by atoms with Crippen LogP contribution in [0.1, 0.15) is 87.5 Å². The first kappa shape index (κ1) is 63.0. The Labute approximate surface area is 523 Å².